The minimum atomic E-state index is -1.11. The third-order valence-corrected chi connectivity index (χ3v) is 7.24. The number of nitro groups is 1. The Morgan fingerprint density at radius 1 is 1.24 bits per heavy atom. The van der Waals surface area contributed by atoms with Crippen molar-refractivity contribution in [2.75, 3.05) is 6.61 Å². The van der Waals surface area contributed by atoms with Gasteiger partial charge in [0.15, 0.2) is 6.10 Å². The van der Waals surface area contributed by atoms with Crippen molar-refractivity contribution >= 4 is 60.6 Å². The summed E-state index contributed by atoms with van der Waals surface area (Å²) in [4.78, 5) is 41.8. The molecular weight excluding hydrogens is 624 g/mol. The zero-order valence-electron chi connectivity index (χ0n) is 20.9. The lowest BCUT2D eigenvalue weighted by atomic mass is 9.88. The summed E-state index contributed by atoms with van der Waals surface area (Å²) >= 11 is 6.70. The number of nitrogens with zero attached hydrogens (tertiary/aromatic N) is 4. The van der Waals surface area contributed by atoms with E-state index in [0.29, 0.717) is 21.2 Å². The first-order chi connectivity index (χ1) is 18.2. The highest BCUT2D eigenvalue weighted by atomic mass is 79.9. The molecule has 10 nitrogen and oxygen atoms in total. The van der Waals surface area contributed by atoms with Gasteiger partial charge >= 0.3 is 11.7 Å². The first-order valence-corrected chi connectivity index (χ1v) is 13.9. The van der Waals surface area contributed by atoms with E-state index >= 15 is 0 Å². The molecular formula is C26H26Br2N4O6. The molecule has 0 saturated heterocycles. The molecule has 12 heteroatoms. The van der Waals surface area contributed by atoms with Crippen molar-refractivity contribution in [3.63, 3.8) is 0 Å². The van der Waals surface area contributed by atoms with E-state index in [0.717, 1.165) is 36.6 Å². The Hall–Kier alpha value is -3.12. The molecule has 1 saturated carbocycles. The number of hydrogen-bond acceptors (Lipinski definition) is 8. The predicted molar refractivity (Wildman–Crippen MR) is 150 cm³/mol. The van der Waals surface area contributed by atoms with Gasteiger partial charge in [-0.2, -0.15) is 9.78 Å². The Balaban J connectivity index is 1.86. The minimum Gasteiger partial charge on any atom is -0.471 e. The summed E-state index contributed by atoms with van der Waals surface area (Å²) in [6.45, 7) is 3.24. The second kappa shape index (κ2) is 12.2. The van der Waals surface area contributed by atoms with Crippen LogP contribution in [0.5, 0.6) is 5.75 Å². The first-order valence-electron chi connectivity index (χ1n) is 12.3. The zero-order chi connectivity index (χ0) is 27.4. The molecule has 0 bridgehead atoms. The smallest absolute Gasteiger partial charge is 0.347 e. The molecule has 1 aliphatic carbocycles. The molecule has 1 fully saturated rings. The van der Waals surface area contributed by atoms with Crippen molar-refractivity contribution < 1.29 is 19.2 Å². The van der Waals surface area contributed by atoms with Crippen LogP contribution in [0.25, 0.3) is 10.9 Å². The van der Waals surface area contributed by atoms with E-state index in [2.05, 4.69) is 37.0 Å². The van der Waals surface area contributed by atoms with Crippen molar-refractivity contribution in [3.05, 3.63) is 71.1 Å². The number of esters is 1. The number of ether oxygens (including phenoxy) is 2. The van der Waals surface area contributed by atoms with E-state index in [1.54, 1.807) is 25.1 Å². The maximum atomic E-state index is 13.6. The topological polar surface area (TPSA) is 126 Å². The van der Waals surface area contributed by atoms with Gasteiger partial charge in [0.05, 0.1) is 28.6 Å². The van der Waals surface area contributed by atoms with Gasteiger partial charge < -0.3 is 9.47 Å². The van der Waals surface area contributed by atoms with Crippen molar-refractivity contribution in [1.82, 2.24) is 9.66 Å². The highest BCUT2D eigenvalue weighted by Crippen LogP contribution is 2.35. The Labute approximate surface area is 235 Å². The third-order valence-electron chi connectivity index (χ3n) is 6.29. The van der Waals surface area contributed by atoms with Crippen molar-refractivity contribution in [2.45, 2.75) is 58.0 Å². The Kier molecular flexibility index (Phi) is 8.93. The van der Waals surface area contributed by atoms with Gasteiger partial charge in [-0.1, -0.05) is 51.1 Å². The van der Waals surface area contributed by atoms with Crippen LogP contribution in [0.2, 0.25) is 0 Å². The summed E-state index contributed by atoms with van der Waals surface area (Å²) in [5, 5.41) is 16.7. The van der Waals surface area contributed by atoms with Gasteiger partial charge in [0, 0.05) is 26.5 Å². The number of benzene rings is 2. The fraction of sp³-hybridized carbons (Fsp3) is 0.385. The number of aromatic nitrogens is 2. The quantitative estimate of drug-likeness (QED) is 0.125. The lowest BCUT2D eigenvalue weighted by Gasteiger charge is -2.22. The molecule has 0 radical (unpaired) electrons. The molecule has 0 amide bonds. The first kappa shape index (κ1) is 27.9. The molecule has 1 heterocycles. The second-order valence-corrected chi connectivity index (χ2v) is 10.8. The van der Waals surface area contributed by atoms with Crippen LogP contribution in [0.15, 0.2) is 49.2 Å². The summed E-state index contributed by atoms with van der Waals surface area (Å²) in [6.07, 6.45) is 5.18. The van der Waals surface area contributed by atoms with Gasteiger partial charge in [0.25, 0.3) is 5.56 Å². The average molecular weight is 650 g/mol. The van der Waals surface area contributed by atoms with Crippen molar-refractivity contribution in [1.29, 1.82) is 0 Å². The zero-order valence-corrected chi connectivity index (χ0v) is 24.0. The standard InChI is InChI=1S/C26H26Br2N4O6/c1-3-37-26(34)15(2)38-23-17(11-19(28)13-22(23)32(35)36)14-29-31-24(16-7-5-4-6-8-16)30-21-10-9-18(27)12-20(21)25(31)33/h9-16H,3-8H2,1-2H3/t15-/m1/s1. The summed E-state index contributed by atoms with van der Waals surface area (Å²) in [7, 11) is 0. The van der Waals surface area contributed by atoms with E-state index < -0.39 is 17.0 Å². The van der Waals surface area contributed by atoms with E-state index in [1.807, 2.05) is 6.07 Å². The number of fused-ring (bicyclic) bond motifs is 1. The molecule has 0 unspecified atom stereocenters. The van der Waals surface area contributed by atoms with Crippen LogP contribution in [-0.2, 0) is 9.53 Å². The number of carbonyl (C=O) groups excluding carboxylic acids is 1. The SMILES string of the molecule is CCOC(=O)[C@@H](C)Oc1c(C=Nn2c(C3CCCCC3)nc3ccc(Br)cc3c2=O)cc(Br)cc1[N+](=O)[O-]. The van der Waals surface area contributed by atoms with Gasteiger partial charge in [-0.25, -0.2) is 9.78 Å². The van der Waals surface area contributed by atoms with Crippen LogP contribution in [0, 0.1) is 10.1 Å². The minimum absolute atomic E-state index is 0.0537. The summed E-state index contributed by atoms with van der Waals surface area (Å²) in [5.74, 6) is -0.218. The van der Waals surface area contributed by atoms with Crippen LogP contribution >= 0.6 is 31.9 Å². The second-order valence-electron chi connectivity index (χ2n) is 8.94. The number of hydrogen-bond donors (Lipinski definition) is 0. The van der Waals surface area contributed by atoms with Gasteiger partial charge in [0.1, 0.15) is 5.82 Å². The lowest BCUT2D eigenvalue weighted by molar-refractivity contribution is -0.386. The van der Waals surface area contributed by atoms with Gasteiger partial charge in [-0.15, -0.1) is 0 Å². The van der Waals surface area contributed by atoms with Crippen molar-refractivity contribution in [3.8, 4) is 5.75 Å². The largest absolute Gasteiger partial charge is 0.471 e. The van der Waals surface area contributed by atoms with Crippen LogP contribution in [-0.4, -0.2) is 39.5 Å². The van der Waals surface area contributed by atoms with Crippen LogP contribution in [0.1, 0.15) is 63.3 Å². The summed E-state index contributed by atoms with van der Waals surface area (Å²) < 4.78 is 13.1. The molecule has 0 N–H and O–H groups in total. The van der Waals surface area contributed by atoms with Crippen LogP contribution in [0.4, 0.5) is 5.69 Å². The Morgan fingerprint density at radius 3 is 2.66 bits per heavy atom. The summed E-state index contributed by atoms with van der Waals surface area (Å²) in [6, 6.07) is 8.17. The average Bonchev–Trinajstić information content (AvgIpc) is 2.89. The fourth-order valence-corrected chi connectivity index (χ4v) is 5.29. The Bertz CT molecular complexity index is 1470. The lowest BCUT2D eigenvalue weighted by Crippen LogP contribution is -2.27. The fourth-order valence-electron chi connectivity index (χ4n) is 4.47. The molecule has 3 aromatic rings. The molecule has 2 aromatic carbocycles. The number of halogens is 2. The van der Waals surface area contributed by atoms with Crippen LogP contribution < -0.4 is 10.3 Å². The molecule has 4 rings (SSSR count). The van der Waals surface area contributed by atoms with Crippen LogP contribution in [0.3, 0.4) is 0 Å². The summed E-state index contributed by atoms with van der Waals surface area (Å²) in [5.41, 5.74) is 0.0750. The molecule has 0 aliphatic heterocycles. The van der Waals surface area contributed by atoms with Gasteiger partial charge in [-0.3, -0.25) is 14.9 Å². The Morgan fingerprint density at radius 2 is 1.97 bits per heavy atom. The van der Waals surface area contributed by atoms with E-state index in [9.17, 15) is 19.7 Å². The molecule has 1 aliphatic rings. The number of nitro benzene ring substituents is 1. The number of rotatable bonds is 8. The molecule has 38 heavy (non-hydrogen) atoms. The maximum absolute atomic E-state index is 13.6. The highest BCUT2D eigenvalue weighted by Gasteiger charge is 2.26. The van der Waals surface area contributed by atoms with E-state index in [1.165, 1.54) is 23.9 Å². The predicted octanol–water partition coefficient (Wildman–Crippen LogP) is 6.09. The van der Waals surface area contributed by atoms with Gasteiger partial charge in [-0.05, 0) is 51.0 Å². The van der Waals surface area contributed by atoms with Crippen molar-refractivity contribution in [2.24, 2.45) is 5.10 Å². The van der Waals surface area contributed by atoms with E-state index in [-0.39, 0.29) is 35.1 Å². The third kappa shape index (κ3) is 6.12. The van der Waals surface area contributed by atoms with E-state index in [4.69, 9.17) is 14.5 Å². The monoisotopic (exact) mass is 648 g/mol. The normalized spacial score (nSPS) is 15.1. The maximum Gasteiger partial charge on any atom is 0.347 e. The molecule has 1 atom stereocenters. The van der Waals surface area contributed by atoms with Gasteiger partial charge in [0.2, 0.25) is 5.75 Å². The molecule has 200 valence electrons. The number of carbonyl (C=O) groups is 1. The molecule has 1 aromatic heterocycles. The molecule has 0 spiro atoms. The highest BCUT2D eigenvalue weighted by molar-refractivity contribution is 9.10.